The lowest BCUT2D eigenvalue weighted by atomic mass is 9.91. The third-order valence-corrected chi connectivity index (χ3v) is 4.99. The number of carboxylic acids is 1. The van der Waals surface area contributed by atoms with Gasteiger partial charge in [-0.1, -0.05) is 48.4 Å². The van der Waals surface area contributed by atoms with Gasteiger partial charge < -0.3 is 9.84 Å². The number of piperidine rings is 1. The van der Waals surface area contributed by atoms with Crippen molar-refractivity contribution in [3.05, 3.63) is 65.2 Å². The van der Waals surface area contributed by atoms with Gasteiger partial charge in [0.1, 0.15) is 11.8 Å². The number of benzene rings is 2. The number of rotatable bonds is 5. The minimum Gasteiger partial charge on any atom is -0.497 e. The number of nitrogens with zero attached hydrogens (tertiary/aromatic N) is 1. The summed E-state index contributed by atoms with van der Waals surface area (Å²) in [7, 11) is 1.65. The van der Waals surface area contributed by atoms with Crippen molar-refractivity contribution >= 4 is 5.97 Å². The minimum atomic E-state index is -0.731. The van der Waals surface area contributed by atoms with Crippen molar-refractivity contribution in [1.82, 2.24) is 4.90 Å². The molecule has 3 rings (SSSR count). The Morgan fingerprint density at radius 3 is 2.24 bits per heavy atom. The van der Waals surface area contributed by atoms with Crippen LogP contribution in [0.1, 0.15) is 42.0 Å². The van der Waals surface area contributed by atoms with Crippen molar-refractivity contribution in [2.24, 2.45) is 0 Å². The van der Waals surface area contributed by atoms with Crippen molar-refractivity contribution in [1.29, 1.82) is 0 Å². The molecule has 0 spiro atoms. The summed E-state index contributed by atoms with van der Waals surface area (Å²) < 4.78 is 5.27. The summed E-state index contributed by atoms with van der Waals surface area (Å²) in [5.74, 6) is 0.0742. The summed E-state index contributed by atoms with van der Waals surface area (Å²) in [5, 5.41) is 9.72. The molecule has 0 bridgehead atoms. The topological polar surface area (TPSA) is 49.8 Å². The number of methoxy groups -OCH3 is 1. The van der Waals surface area contributed by atoms with Gasteiger partial charge in [-0.2, -0.15) is 0 Å². The third kappa shape index (κ3) is 3.85. The van der Waals surface area contributed by atoms with Crippen LogP contribution < -0.4 is 4.74 Å². The van der Waals surface area contributed by atoms with Crippen LogP contribution in [0.25, 0.3) is 0 Å². The third-order valence-electron chi connectivity index (χ3n) is 4.99. The molecule has 1 N–H and O–H groups in total. The number of hydrogen-bond donors (Lipinski definition) is 1. The van der Waals surface area contributed by atoms with Crippen LogP contribution >= 0.6 is 0 Å². The number of ether oxygens (including phenoxy) is 1. The maximum atomic E-state index is 11.8. The van der Waals surface area contributed by atoms with E-state index in [4.69, 9.17) is 4.74 Å². The van der Waals surface area contributed by atoms with Gasteiger partial charge in [0.15, 0.2) is 0 Å². The predicted octanol–water partition coefficient (Wildman–Crippen LogP) is 4.03. The zero-order valence-electron chi connectivity index (χ0n) is 14.8. The number of carbonyl (C=O) groups is 1. The highest BCUT2D eigenvalue weighted by Crippen LogP contribution is 2.35. The van der Waals surface area contributed by atoms with Gasteiger partial charge in [0.2, 0.25) is 0 Å². The number of aryl methyl sites for hydroxylation is 1. The summed E-state index contributed by atoms with van der Waals surface area (Å²) >= 11 is 0. The Hall–Kier alpha value is -2.33. The average Bonchev–Trinajstić information content (AvgIpc) is 2.64. The Balaban J connectivity index is 2.03. The van der Waals surface area contributed by atoms with Gasteiger partial charge in [0.05, 0.1) is 13.2 Å². The molecule has 1 fully saturated rings. The monoisotopic (exact) mass is 339 g/mol. The average molecular weight is 339 g/mol. The van der Waals surface area contributed by atoms with E-state index in [0.717, 1.165) is 36.3 Å². The first-order valence-electron chi connectivity index (χ1n) is 8.79. The molecular weight excluding hydrogens is 314 g/mol. The van der Waals surface area contributed by atoms with Gasteiger partial charge in [-0.25, -0.2) is 0 Å². The number of carboxylic acid groups (broad SMARTS) is 1. The van der Waals surface area contributed by atoms with E-state index < -0.39 is 12.0 Å². The highest BCUT2D eigenvalue weighted by molar-refractivity contribution is 5.73. The quantitative estimate of drug-likeness (QED) is 0.893. The normalized spacial score (nSPS) is 19.4. The molecule has 2 aromatic rings. The summed E-state index contributed by atoms with van der Waals surface area (Å²) in [5.41, 5.74) is 3.42. The van der Waals surface area contributed by atoms with E-state index in [1.165, 1.54) is 5.56 Å². The highest BCUT2D eigenvalue weighted by Gasteiger charge is 2.35. The van der Waals surface area contributed by atoms with Gasteiger partial charge in [0.25, 0.3) is 0 Å². The van der Waals surface area contributed by atoms with Crippen molar-refractivity contribution in [2.45, 2.75) is 38.3 Å². The molecule has 0 saturated carbocycles. The molecule has 2 aromatic carbocycles. The molecule has 1 aliphatic rings. The Morgan fingerprint density at radius 1 is 1.08 bits per heavy atom. The van der Waals surface area contributed by atoms with E-state index in [1.54, 1.807) is 7.11 Å². The molecular formula is C21H25NO3. The number of hydrogen-bond acceptors (Lipinski definition) is 3. The highest BCUT2D eigenvalue weighted by atomic mass is 16.5. The van der Waals surface area contributed by atoms with Crippen LogP contribution in [0, 0.1) is 6.92 Å². The molecule has 0 aromatic heterocycles. The van der Waals surface area contributed by atoms with Crippen LogP contribution in [0.2, 0.25) is 0 Å². The van der Waals surface area contributed by atoms with Gasteiger partial charge >= 0.3 is 5.97 Å². The van der Waals surface area contributed by atoms with Crippen molar-refractivity contribution < 1.29 is 14.6 Å². The second-order valence-corrected chi connectivity index (χ2v) is 6.67. The van der Waals surface area contributed by atoms with Gasteiger partial charge in [-0.05, 0) is 49.6 Å². The fraction of sp³-hybridized carbons (Fsp3) is 0.381. The maximum Gasteiger partial charge on any atom is 0.320 e. The summed E-state index contributed by atoms with van der Waals surface area (Å²) in [6.07, 6.45) is 2.70. The number of likely N-dealkylation sites (tertiary alicyclic amines) is 1. The Kier molecular flexibility index (Phi) is 5.39. The first kappa shape index (κ1) is 17.5. The van der Waals surface area contributed by atoms with Gasteiger partial charge in [-0.3, -0.25) is 9.69 Å². The second kappa shape index (κ2) is 7.70. The molecule has 4 heteroatoms. The molecule has 0 aliphatic carbocycles. The largest absolute Gasteiger partial charge is 0.497 e. The van der Waals surface area contributed by atoms with Crippen molar-refractivity contribution in [2.75, 3.05) is 13.7 Å². The zero-order valence-corrected chi connectivity index (χ0v) is 14.8. The maximum absolute atomic E-state index is 11.8. The Labute approximate surface area is 149 Å². The minimum absolute atomic E-state index is 0.0621. The molecule has 0 amide bonds. The van der Waals surface area contributed by atoms with E-state index in [-0.39, 0.29) is 6.04 Å². The lowest BCUT2D eigenvalue weighted by Crippen LogP contribution is -2.46. The molecule has 4 nitrogen and oxygen atoms in total. The van der Waals surface area contributed by atoms with E-state index >= 15 is 0 Å². The molecule has 1 saturated heterocycles. The van der Waals surface area contributed by atoms with E-state index in [2.05, 4.69) is 36.1 Å². The lowest BCUT2D eigenvalue weighted by Gasteiger charge is -2.39. The van der Waals surface area contributed by atoms with Gasteiger partial charge in [0, 0.05) is 0 Å². The van der Waals surface area contributed by atoms with Crippen molar-refractivity contribution in [3.8, 4) is 5.75 Å². The Morgan fingerprint density at radius 2 is 1.68 bits per heavy atom. The molecule has 1 aliphatic heterocycles. The molecule has 0 radical (unpaired) electrons. The molecule has 132 valence electrons. The van der Waals surface area contributed by atoms with Gasteiger partial charge in [-0.15, -0.1) is 0 Å². The van der Waals surface area contributed by atoms with E-state index in [1.807, 2.05) is 24.3 Å². The lowest BCUT2D eigenvalue weighted by molar-refractivity contribution is -0.145. The van der Waals surface area contributed by atoms with Crippen LogP contribution in [0.4, 0.5) is 0 Å². The van der Waals surface area contributed by atoms with Crippen LogP contribution in [0.3, 0.4) is 0 Å². The van der Waals surface area contributed by atoms with Crippen LogP contribution in [0.5, 0.6) is 5.75 Å². The first-order chi connectivity index (χ1) is 12.1. The SMILES string of the molecule is COc1ccc(C(c2ccc(C)cc2)N2CCCCC2C(=O)O)cc1. The fourth-order valence-corrected chi connectivity index (χ4v) is 3.64. The molecule has 1 heterocycles. The van der Waals surface area contributed by atoms with E-state index in [0.29, 0.717) is 6.42 Å². The predicted molar refractivity (Wildman–Crippen MR) is 98.0 cm³/mol. The summed E-state index contributed by atoms with van der Waals surface area (Å²) in [4.78, 5) is 14.0. The van der Waals surface area contributed by atoms with Crippen molar-refractivity contribution in [3.63, 3.8) is 0 Å². The molecule has 25 heavy (non-hydrogen) atoms. The first-order valence-corrected chi connectivity index (χ1v) is 8.79. The zero-order chi connectivity index (χ0) is 17.8. The van der Waals surface area contributed by atoms with E-state index in [9.17, 15) is 9.90 Å². The van der Waals surface area contributed by atoms with Crippen LogP contribution in [-0.2, 0) is 4.79 Å². The standard InChI is InChI=1S/C21H25NO3/c1-15-6-8-16(9-7-15)20(17-10-12-18(25-2)13-11-17)22-14-4-3-5-19(22)21(23)24/h6-13,19-20H,3-5,14H2,1-2H3,(H,23,24). The summed E-state index contributed by atoms with van der Waals surface area (Å²) in [6.45, 7) is 2.86. The molecule has 2 atom stereocenters. The summed E-state index contributed by atoms with van der Waals surface area (Å²) in [6, 6.07) is 15.8. The molecule has 2 unspecified atom stereocenters. The Bertz CT molecular complexity index is 709. The smallest absolute Gasteiger partial charge is 0.320 e. The van der Waals surface area contributed by atoms with Crippen LogP contribution in [0.15, 0.2) is 48.5 Å². The fourth-order valence-electron chi connectivity index (χ4n) is 3.64. The second-order valence-electron chi connectivity index (χ2n) is 6.67. The van der Waals surface area contributed by atoms with Crippen LogP contribution in [-0.4, -0.2) is 35.7 Å². The number of aliphatic carboxylic acids is 1.